The number of carbonyl (C=O) groups is 5. The third-order valence-corrected chi connectivity index (χ3v) is 3.23. The Hall–Kier alpha value is -4.02. The predicted octanol–water partition coefficient (Wildman–Crippen LogP) is 0.726. The lowest BCUT2D eigenvalue weighted by atomic mass is 9.93. The molecule has 2 rings (SSSR count). The van der Waals surface area contributed by atoms with Gasteiger partial charge in [-0.3, -0.25) is 0 Å². The molecule has 0 amide bonds. The second kappa shape index (κ2) is 5.88. The molecule has 11 nitrogen and oxygen atoms in total. The number of aromatic carboxylic acids is 5. The highest BCUT2D eigenvalue weighted by molar-refractivity contribution is 6.21. The van der Waals surface area contributed by atoms with Crippen LogP contribution < -0.4 is 0 Å². The summed E-state index contributed by atoms with van der Waals surface area (Å²) in [5.41, 5.74) is -5.83. The highest BCUT2D eigenvalue weighted by Crippen LogP contribution is 2.30. The molecule has 0 aliphatic rings. The van der Waals surface area contributed by atoms with Crippen molar-refractivity contribution in [1.29, 1.82) is 0 Å². The Morgan fingerprint density at radius 3 is 1.56 bits per heavy atom. The van der Waals surface area contributed by atoms with E-state index in [-0.39, 0.29) is 0 Å². The Morgan fingerprint density at radius 1 is 0.640 bits per heavy atom. The van der Waals surface area contributed by atoms with E-state index in [1.807, 2.05) is 0 Å². The molecule has 0 spiro atoms. The smallest absolute Gasteiger partial charge is 0.355 e. The summed E-state index contributed by atoms with van der Waals surface area (Å²) in [5.74, 6) is -9.30. The number of carboxylic acid groups (broad SMARTS) is 5. The fourth-order valence-corrected chi connectivity index (χ4v) is 2.33. The van der Waals surface area contributed by atoms with Crippen molar-refractivity contribution >= 4 is 40.7 Å². The van der Waals surface area contributed by atoms with Gasteiger partial charge >= 0.3 is 29.8 Å². The number of aromatic nitrogens is 1. The van der Waals surface area contributed by atoms with Gasteiger partial charge < -0.3 is 25.5 Å². The second-order valence-corrected chi connectivity index (χ2v) is 4.62. The lowest BCUT2D eigenvalue weighted by Crippen LogP contribution is -2.20. The van der Waals surface area contributed by atoms with Gasteiger partial charge in [0.2, 0.25) is 0 Å². The highest BCUT2D eigenvalue weighted by atomic mass is 16.4. The van der Waals surface area contributed by atoms with Gasteiger partial charge in [0.25, 0.3) is 0 Å². The van der Waals surface area contributed by atoms with E-state index in [0.29, 0.717) is 0 Å². The standard InChI is InChI=1S/C14H7NO10/c16-10(17)3-1-2-4-6(5(3)11(18)19)7(12(20)21)8(13(22)23)9(15-4)14(24)25/h1-2H,(H,16,17)(H,18,19)(H,20,21)(H,22,23)(H,24,25). The first-order valence-electron chi connectivity index (χ1n) is 6.25. The lowest BCUT2D eigenvalue weighted by Gasteiger charge is -2.13. The maximum absolute atomic E-state index is 11.5. The minimum Gasteiger partial charge on any atom is -0.478 e. The zero-order valence-electron chi connectivity index (χ0n) is 11.9. The maximum atomic E-state index is 11.5. The number of nitrogens with zero attached hydrogens (tertiary/aromatic N) is 1. The predicted molar refractivity (Wildman–Crippen MR) is 76.5 cm³/mol. The van der Waals surface area contributed by atoms with Gasteiger partial charge in [-0.05, 0) is 12.1 Å². The average molecular weight is 349 g/mol. The van der Waals surface area contributed by atoms with Crippen LogP contribution in [0.15, 0.2) is 12.1 Å². The molecule has 5 N–H and O–H groups in total. The van der Waals surface area contributed by atoms with Crippen LogP contribution in [0.2, 0.25) is 0 Å². The summed E-state index contributed by atoms with van der Waals surface area (Å²) in [6.07, 6.45) is 0. The highest BCUT2D eigenvalue weighted by Gasteiger charge is 2.32. The van der Waals surface area contributed by atoms with Crippen molar-refractivity contribution in [2.24, 2.45) is 0 Å². The SMILES string of the molecule is O=C(O)c1ccc2nc(C(=O)O)c(C(=O)O)c(C(=O)O)c2c1C(=O)O. The summed E-state index contributed by atoms with van der Waals surface area (Å²) in [7, 11) is 0. The van der Waals surface area contributed by atoms with E-state index in [1.165, 1.54) is 0 Å². The summed E-state index contributed by atoms with van der Waals surface area (Å²) < 4.78 is 0. The molecule has 1 heterocycles. The maximum Gasteiger partial charge on any atom is 0.355 e. The van der Waals surface area contributed by atoms with Gasteiger partial charge in [-0.1, -0.05) is 0 Å². The molecule has 1 aromatic heterocycles. The Balaban J connectivity index is 3.26. The molecule has 11 heteroatoms. The van der Waals surface area contributed by atoms with Crippen LogP contribution in [0, 0.1) is 0 Å². The van der Waals surface area contributed by atoms with Crippen LogP contribution in [0.3, 0.4) is 0 Å². The first-order chi connectivity index (χ1) is 11.6. The van der Waals surface area contributed by atoms with Gasteiger partial charge in [0.15, 0.2) is 5.69 Å². The number of benzene rings is 1. The first kappa shape index (κ1) is 17.3. The minimum absolute atomic E-state index is 0.484. The Morgan fingerprint density at radius 2 is 1.16 bits per heavy atom. The van der Waals surface area contributed by atoms with Crippen LogP contribution in [0.25, 0.3) is 10.9 Å². The number of carboxylic acids is 5. The average Bonchev–Trinajstić information content (AvgIpc) is 2.50. The minimum atomic E-state index is -1.97. The molecule has 128 valence electrons. The molecular weight excluding hydrogens is 342 g/mol. The molecule has 0 radical (unpaired) electrons. The molecule has 2 aromatic rings. The number of rotatable bonds is 5. The van der Waals surface area contributed by atoms with Gasteiger partial charge in [-0.15, -0.1) is 0 Å². The normalized spacial score (nSPS) is 10.4. The summed E-state index contributed by atoms with van der Waals surface area (Å²) in [5, 5.41) is 45.2. The van der Waals surface area contributed by atoms with Crippen LogP contribution >= 0.6 is 0 Å². The van der Waals surface area contributed by atoms with E-state index >= 15 is 0 Å². The summed E-state index contributed by atoms with van der Waals surface area (Å²) in [4.78, 5) is 60.3. The van der Waals surface area contributed by atoms with Crippen molar-refractivity contribution < 1.29 is 49.5 Å². The third-order valence-electron chi connectivity index (χ3n) is 3.23. The van der Waals surface area contributed by atoms with Gasteiger partial charge in [0.1, 0.15) is 5.56 Å². The third kappa shape index (κ3) is 2.69. The molecule has 0 aliphatic carbocycles. The van der Waals surface area contributed by atoms with E-state index < -0.39 is 68.7 Å². The van der Waals surface area contributed by atoms with E-state index in [0.717, 1.165) is 12.1 Å². The van der Waals surface area contributed by atoms with Crippen molar-refractivity contribution in [2.75, 3.05) is 0 Å². The van der Waals surface area contributed by atoms with Crippen molar-refractivity contribution in [2.45, 2.75) is 0 Å². The van der Waals surface area contributed by atoms with E-state index in [1.54, 1.807) is 0 Å². The number of fused-ring (bicyclic) bond motifs is 1. The van der Waals surface area contributed by atoms with Crippen LogP contribution in [0.4, 0.5) is 0 Å². The van der Waals surface area contributed by atoms with Crippen LogP contribution in [0.5, 0.6) is 0 Å². The number of hydrogen-bond donors (Lipinski definition) is 5. The summed E-state index contributed by atoms with van der Waals surface area (Å²) >= 11 is 0. The Kier molecular flexibility index (Phi) is 4.08. The van der Waals surface area contributed by atoms with E-state index in [2.05, 4.69) is 4.98 Å². The van der Waals surface area contributed by atoms with E-state index in [9.17, 15) is 39.3 Å². The monoisotopic (exact) mass is 349 g/mol. The molecular formula is C14H7NO10. The molecule has 25 heavy (non-hydrogen) atoms. The van der Waals surface area contributed by atoms with Crippen molar-refractivity contribution in [3.8, 4) is 0 Å². The fraction of sp³-hybridized carbons (Fsp3) is 0. The van der Waals surface area contributed by atoms with Gasteiger partial charge in [0, 0.05) is 5.39 Å². The van der Waals surface area contributed by atoms with Crippen LogP contribution in [0.1, 0.15) is 51.9 Å². The molecule has 0 fully saturated rings. The van der Waals surface area contributed by atoms with Crippen molar-refractivity contribution in [3.63, 3.8) is 0 Å². The Labute approximate surface area is 136 Å². The largest absolute Gasteiger partial charge is 0.478 e. The fourth-order valence-electron chi connectivity index (χ4n) is 2.33. The molecule has 0 saturated carbocycles. The Bertz CT molecular complexity index is 991. The second-order valence-electron chi connectivity index (χ2n) is 4.62. The molecule has 0 bridgehead atoms. The topological polar surface area (TPSA) is 199 Å². The zero-order valence-corrected chi connectivity index (χ0v) is 11.9. The van der Waals surface area contributed by atoms with Crippen LogP contribution in [-0.4, -0.2) is 60.4 Å². The molecule has 0 saturated heterocycles. The number of pyridine rings is 1. The molecule has 0 aliphatic heterocycles. The van der Waals surface area contributed by atoms with Crippen molar-refractivity contribution in [1.82, 2.24) is 4.98 Å². The van der Waals surface area contributed by atoms with Crippen molar-refractivity contribution in [3.05, 3.63) is 40.1 Å². The van der Waals surface area contributed by atoms with Crippen LogP contribution in [-0.2, 0) is 0 Å². The molecule has 1 aromatic carbocycles. The molecule has 0 unspecified atom stereocenters. The summed E-state index contributed by atoms with van der Waals surface area (Å²) in [6.45, 7) is 0. The molecule has 0 atom stereocenters. The first-order valence-corrected chi connectivity index (χ1v) is 6.25. The van der Waals surface area contributed by atoms with Gasteiger partial charge in [-0.2, -0.15) is 0 Å². The van der Waals surface area contributed by atoms with Gasteiger partial charge in [-0.25, -0.2) is 29.0 Å². The van der Waals surface area contributed by atoms with Gasteiger partial charge in [0.05, 0.1) is 22.2 Å². The van der Waals surface area contributed by atoms with E-state index in [4.69, 9.17) is 10.2 Å². The summed E-state index contributed by atoms with van der Waals surface area (Å²) in [6, 6.07) is 1.70. The lowest BCUT2D eigenvalue weighted by molar-refractivity contribution is 0.0630. The number of hydrogen-bond acceptors (Lipinski definition) is 6. The zero-order chi connectivity index (χ0) is 19.0. The quantitative estimate of drug-likeness (QED) is 0.509.